The van der Waals surface area contributed by atoms with Gasteiger partial charge in [-0.2, -0.15) is 0 Å². The van der Waals surface area contributed by atoms with Gasteiger partial charge in [0, 0.05) is 36.8 Å². The lowest BCUT2D eigenvalue weighted by Gasteiger charge is -2.34. The van der Waals surface area contributed by atoms with E-state index in [1.165, 1.54) is 6.92 Å². The Labute approximate surface area is 256 Å². The standard InChI is InChI=1S/C29H36Cl2N4O6S/c1-17-13-35(18(2)16-36)28(37)12-22-11-23(33-42(38,39)29-19(3)32-41-20(29)4)7-9-26(22)40-27(17)15-34(5)14-21-6-8-24(30)25(31)10-21/h6-11,17-18,27,33,36H,12-16H2,1-5H3/t17-,18-,27-/m1/s1. The Hall–Kier alpha value is -2.83. The number of benzene rings is 2. The first kappa shape index (κ1) is 32.1. The van der Waals surface area contributed by atoms with Crippen molar-refractivity contribution >= 4 is 44.8 Å². The zero-order chi connectivity index (χ0) is 30.8. The molecule has 0 saturated carbocycles. The van der Waals surface area contributed by atoms with Gasteiger partial charge in [-0.1, -0.05) is 41.3 Å². The van der Waals surface area contributed by atoms with E-state index in [1.807, 2.05) is 26.1 Å². The number of ether oxygens (including phenoxy) is 1. The average molecular weight is 640 g/mol. The number of aliphatic hydroxyl groups excluding tert-OH is 1. The van der Waals surface area contributed by atoms with Gasteiger partial charge < -0.3 is 19.3 Å². The smallest absolute Gasteiger partial charge is 0.267 e. The van der Waals surface area contributed by atoms with Crippen LogP contribution in [0.5, 0.6) is 5.75 Å². The van der Waals surface area contributed by atoms with Gasteiger partial charge in [-0.25, -0.2) is 8.42 Å². The summed E-state index contributed by atoms with van der Waals surface area (Å²) in [5.74, 6) is 0.380. The maximum atomic E-state index is 13.5. The Morgan fingerprint density at radius 2 is 1.93 bits per heavy atom. The quantitative estimate of drug-likeness (QED) is 0.346. The fraction of sp³-hybridized carbons (Fsp3) is 0.448. The molecule has 1 aromatic heterocycles. The topological polar surface area (TPSA) is 125 Å². The lowest BCUT2D eigenvalue weighted by molar-refractivity contribution is -0.134. The van der Waals surface area contributed by atoms with Gasteiger partial charge in [0.25, 0.3) is 10.0 Å². The molecular formula is C29H36Cl2N4O6S. The Kier molecular flexibility index (Phi) is 10.1. The number of hydrogen-bond acceptors (Lipinski definition) is 8. The molecular weight excluding hydrogens is 603 g/mol. The first-order valence-corrected chi connectivity index (χ1v) is 15.8. The summed E-state index contributed by atoms with van der Waals surface area (Å²) in [6.45, 7) is 8.20. The monoisotopic (exact) mass is 638 g/mol. The predicted molar refractivity (Wildman–Crippen MR) is 162 cm³/mol. The molecule has 1 aliphatic rings. The summed E-state index contributed by atoms with van der Waals surface area (Å²) in [7, 11) is -2.02. The molecule has 2 heterocycles. The fourth-order valence-electron chi connectivity index (χ4n) is 5.10. The van der Waals surface area contributed by atoms with Crippen molar-refractivity contribution in [2.45, 2.75) is 57.7 Å². The van der Waals surface area contributed by atoms with Crippen LogP contribution in [0.3, 0.4) is 0 Å². The highest BCUT2D eigenvalue weighted by atomic mass is 35.5. The molecule has 1 amide bonds. The molecule has 0 aliphatic carbocycles. The molecule has 10 nitrogen and oxygen atoms in total. The third kappa shape index (κ3) is 7.38. The van der Waals surface area contributed by atoms with Crippen molar-refractivity contribution in [2.75, 3.05) is 31.5 Å². The fourth-order valence-corrected chi connectivity index (χ4v) is 6.80. The number of aryl methyl sites for hydroxylation is 2. The number of aromatic nitrogens is 1. The van der Waals surface area contributed by atoms with Crippen LogP contribution in [0.4, 0.5) is 5.69 Å². The van der Waals surface area contributed by atoms with E-state index in [4.69, 9.17) is 32.5 Å². The zero-order valence-electron chi connectivity index (χ0n) is 24.2. The second kappa shape index (κ2) is 13.2. The summed E-state index contributed by atoms with van der Waals surface area (Å²) in [6.07, 6.45) is -0.361. The normalized spacial score (nSPS) is 18.6. The van der Waals surface area contributed by atoms with Crippen molar-refractivity contribution in [3.05, 3.63) is 69.0 Å². The first-order valence-electron chi connectivity index (χ1n) is 13.6. The summed E-state index contributed by atoms with van der Waals surface area (Å²) in [4.78, 5) is 17.2. The lowest BCUT2D eigenvalue weighted by Crippen LogP contribution is -2.47. The predicted octanol–water partition coefficient (Wildman–Crippen LogP) is 4.68. The summed E-state index contributed by atoms with van der Waals surface area (Å²) in [5.41, 5.74) is 2.04. The van der Waals surface area contributed by atoms with Gasteiger partial charge in [-0.3, -0.25) is 14.4 Å². The van der Waals surface area contributed by atoms with Crippen molar-refractivity contribution in [3.8, 4) is 5.75 Å². The van der Waals surface area contributed by atoms with Gasteiger partial charge in [-0.15, -0.1) is 0 Å². The molecule has 3 atom stereocenters. The van der Waals surface area contributed by atoms with E-state index in [-0.39, 0.29) is 53.0 Å². The van der Waals surface area contributed by atoms with Crippen LogP contribution in [-0.4, -0.2) is 73.3 Å². The molecule has 0 saturated heterocycles. The van der Waals surface area contributed by atoms with Gasteiger partial charge >= 0.3 is 0 Å². The lowest BCUT2D eigenvalue weighted by atomic mass is 10.0. The molecule has 4 rings (SSSR count). The van der Waals surface area contributed by atoms with E-state index in [9.17, 15) is 18.3 Å². The number of sulfonamides is 1. The zero-order valence-corrected chi connectivity index (χ0v) is 26.6. The highest BCUT2D eigenvalue weighted by Crippen LogP contribution is 2.31. The van der Waals surface area contributed by atoms with Gasteiger partial charge in [-0.05, 0) is 63.7 Å². The van der Waals surface area contributed by atoms with Crippen molar-refractivity contribution in [1.82, 2.24) is 15.0 Å². The number of anilines is 1. The summed E-state index contributed by atoms with van der Waals surface area (Å²) < 4.78 is 40.4. The summed E-state index contributed by atoms with van der Waals surface area (Å²) in [5, 5.41) is 14.6. The van der Waals surface area contributed by atoms with Crippen molar-refractivity contribution in [2.24, 2.45) is 5.92 Å². The van der Waals surface area contributed by atoms with Gasteiger partial charge in [0.2, 0.25) is 5.91 Å². The molecule has 1 aliphatic heterocycles. The van der Waals surface area contributed by atoms with E-state index < -0.39 is 16.1 Å². The number of nitrogens with one attached hydrogen (secondary N) is 1. The maximum absolute atomic E-state index is 13.5. The van der Waals surface area contributed by atoms with Gasteiger partial charge in [0.15, 0.2) is 10.7 Å². The van der Waals surface area contributed by atoms with Crippen LogP contribution >= 0.6 is 23.2 Å². The first-order chi connectivity index (χ1) is 19.8. The molecule has 42 heavy (non-hydrogen) atoms. The molecule has 0 unspecified atom stereocenters. The number of carbonyl (C=O) groups excluding carboxylic acids is 1. The van der Waals surface area contributed by atoms with Crippen LogP contribution in [0, 0.1) is 19.8 Å². The van der Waals surface area contributed by atoms with Crippen LogP contribution in [0.1, 0.15) is 36.4 Å². The van der Waals surface area contributed by atoms with Crippen LogP contribution in [-0.2, 0) is 27.8 Å². The van der Waals surface area contributed by atoms with Crippen LogP contribution in [0.25, 0.3) is 0 Å². The highest BCUT2D eigenvalue weighted by molar-refractivity contribution is 7.92. The molecule has 3 aromatic rings. The Morgan fingerprint density at radius 1 is 1.19 bits per heavy atom. The number of amides is 1. The number of carbonyl (C=O) groups is 1. The Balaban J connectivity index is 1.64. The van der Waals surface area contributed by atoms with Crippen LogP contribution in [0.2, 0.25) is 10.0 Å². The largest absolute Gasteiger partial charge is 0.488 e. The number of fused-ring (bicyclic) bond motifs is 1. The number of hydrogen-bond donors (Lipinski definition) is 2. The van der Waals surface area contributed by atoms with E-state index in [0.29, 0.717) is 41.0 Å². The van der Waals surface area contributed by atoms with Gasteiger partial charge in [0.1, 0.15) is 17.5 Å². The highest BCUT2D eigenvalue weighted by Gasteiger charge is 2.32. The SMILES string of the molecule is Cc1noc(C)c1S(=O)(=O)Nc1ccc2c(c1)CC(=O)N([C@H](C)CO)C[C@@H](C)[C@@H](CN(C)Cc1ccc(Cl)c(Cl)c1)O2. The molecule has 0 fully saturated rings. The number of nitrogens with zero attached hydrogens (tertiary/aromatic N) is 3. The Morgan fingerprint density at radius 3 is 2.57 bits per heavy atom. The summed E-state index contributed by atoms with van der Waals surface area (Å²) >= 11 is 12.3. The van der Waals surface area contributed by atoms with E-state index in [0.717, 1.165) is 5.56 Å². The third-order valence-corrected chi connectivity index (χ3v) is 9.70. The minimum absolute atomic E-state index is 0.0276. The number of aliphatic hydroxyl groups is 1. The van der Waals surface area contributed by atoms with Crippen molar-refractivity contribution in [1.29, 1.82) is 0 Å². The molecule has 2 aromatic carbocycles. The van der Waals surface area contributed by atoms with Gasteiger partial charge in [0.05, 0.1) is 29.1 Å². The minimum Gasteiger partial charge on any atom is -0.488 e. The minimum atomic E-state index is -3.99. The number of likely N-dealkylation sites (N-methyl/N-ethyl adjacent to an activating group) is 1. The van der Waals surface area contributed by atoms with Crippen LogP contribution < -0.4 is 9.46 Å². The molecule has 2 N–H and O–H groups in total. The van der Waals surface area contributed by atoms with Crippen molar-refractivity contribution in [3.63, 3.8) is 0 Å². The van der Waals surface area contributed by atoms with Crippen molar-refractivity contribution < 1.29 is 27.6 Å². The number of halogens is 2. The molecule has 0 radical (unpaired) electrons. The molecule has 0 bridgehead atoms. The third-order valence-electron chi connectivity index (χ3n) is 7.33. The molecule has 0 spiro atoms. The molecule has 13 heteroatoms. The summed E-state index contributed by atoms with van der Waals surface area (Å²) in [6, 6.07) is 10.00. The second-order valence-corrected chi connectivity index (χ2v) is 13.3. The van der Waals surface area contributed by atoms with Crippen LogP contribution in [0.15, 0.2) is 45.8 Å². The van der Waals surface area contributed by atoms with E-state index >= 15 is 0 Å². The average Bonchev–Trinajstić information content (AvgIpc) is 3.28. The number of rotatable bonds is 9. The Bertz CT molecular complexity index is 1530. The molecule has 228 valence electrons. The van der Waals surface area contributed by atoms with E-state index in [2.05, 4.69) is 14.8 Å². The van der Waals surface area contributed by atoms with E-state index in [1.54, 1.807) is 43.0 Å². The second-order valence-electron chi connectivity index (χ2n) is 10.9. The maximum Gasteiger partial charge on any atom is 0.267 e.